The highest BCUT2D eigenvalue weighted by Gasteiger charge is 2.33. The standard InChI is InChI=1S/C18H17F4NO3S/c1-12(27(25,26)15-8-6-14(19)7-9-15)17(24)23-11-10-13-4-2-3-5-16(13)18(20,21)22/h2-9,12H,10-11H2,1H3,(H,23,24). The number of sulfone groups is 1. The van der Waals surface area contributed by atoms with Gasteiger partial charge >= 0.3 is 6.18 Å². The summed E-state index contributed by atoms with van der Waals surface area (Å²) in [5.74, 6) is -1.46. The molecule has 1 N–H and O–H groups in total. The Morgan fingerprint density at radius 2 is 1.67 bits per heavy atom. The molecular formula is C18H17F4NO3S. The number of alkyl halides is 3. The van der Waals surface area contributed by atoms with Crippen molar-refractivity contribution in [2.75, 3.05) is 6.54 Å². The fraction of sp³-hybridized carbons (Fsp3) is 0.278. The molecule has 2 aromatic carbocycles. The summed E-state index contributed by atoms with van der Waals surface area (Å²) in [5, 5.41) is 0.866. The number of carbonyl (C=O) groups is 1. The van der Waals surface area contributed by atoms with E-state index in [2.05, 4.69) is 5.32 Å². The van der Waals surface area contributed by atoms with Crippen LogP contribution in [0.2, 0.25) is 0 Å². The van der Waals surface area contributed by atoms with E-state index < -0.39 is 38.6 Å². The number of rotatable bonds is 6. The molecule has 2 rings (SSSR count). The largest absolute Gasteiger partial charge is 0.416 e. The van der Waals surface area contributed by atoms with Crippen molar-refractivity contribution >= 4 is 15.7 Å². The maximum atomic E-state index is 12.9. The van der Waals surface area contributed by atoms with Crippen molar-refractivity contribution in [1.29, 1.82) is 0 Å². The molecule has 146 valence electrons. The molecule has 4 nitrogen and oxygen atoms in total. The van der Waals surface area contributed by atoms with E-state index >= 15 is 0 Å². The quantitative estimate of drug-likeness (QED) is 0.594. The van der Waals surface area contributed by atoms with Gasteiger partial charge in [0, 0.05) is 6.54 Å². The summed E-state index contributed by atoms with van der Waals surface area (Å²) >= 11 is 0. The van der Waals surface area contributed by atoms with E-state index in [1.807, 2.05) is 0 Å². The van der Waals surface area contributed by atoms with Crippen LogP contribution in [0.15, 0.2) is 53.4 Å². The molecule has 0 radical (unpaired) electrons. The first kappa shape index (κ1) is 20.9. The Labute approximate surface area is 154 Å². The summed E-state index contributed by atoms with van der Waals surface area (Å²) in [4.78, 5) is 11.9. The molecule has 0 aromatic heterocycles. The molecule has 0 saturated heterocycles. The summed E-state index contributed by atoms with van der Waals surface area (Å²) < 4.78 is 76.5. The lowest BCUT2D eigenvalue weighted by Gasteiger charge is -2.15. The SMILES string of the molecule is CC(C(=O)NCCc1ccccc1C(F)(F)F)S(=O)(=O)c1ccc(F)cc1. The Hall–Kier alpha value is -2.42. The summed E-state index contributed by atoms with van der Waals surface area (Å²) in [6.07, 6.45) is -4.62. The molecule has 2 aromatic rings. The Bertz CT molecular complexity index is 909. The van der Waals surface area contributed by atoms with Crippen molar-refractivity contribution in [3.05, 3.63) is 65.5 Å². The number of benzene rings is 2. The van der Waals surface area contributed by atoms with Crippen LogP contribution in [0.3, 0.4) is 0 Å². The molecule has 1 amide bonds. The molecule has 0 heterocycles. The second kappa shape index (κ2) is 8.08. The predicted molar refractivity (Wildman–Crippen MR) is 91.2 cm³/mol. The minimum Gasteiger partial charge on any atom is -0.355 e. The molecule has 1 unspecified atom stereocenters. The number of hydrogen-bond acceptors (Lipinski definition) is 3. The summed E-state index contributed by atoms with van der Waals surface area (Å²) in [7, 11) is -4.04. The summed E-state index contributed by atoms with van der Waals surface area (Å²) in [6.45, 7) is 1.01. The Kier molecular flexibility index (Phi) is 6.25. The molecule has 9 heteroatoms. The Morgan fingerprint density at radius 3 is 2.26 bits per heavy atom. The smallest absolute Gasteiger partial charge is 0.355 e. The van der Waals surface area contributed by atoms with Crippen LogP contribution in [0, 0.1) is 5.82 Å². The third kappa shape index (κ3) is 5.06. The second-order valence-corrected chi connectivity index (χ2v) is 8.11. The molecule has 0 spiro atoms. The molecular weight excluding hydrogens is 386 g/mol. The third-order valence-corrected chi connectivity index (χ3v) is 6.07. The van der Waals surface area contributed by atoms with Crippen LogP contribution in [-0.2, 0) is 27.2 Å². The van der Waals surface area contributed by atoms with Gasteiger partial charge in [0.25, 0.3) is 0 Å². The molecule has 27 heavy (non-hydrogen) atoms. The lowest BCUT2D eigenvalue weighted by molar-refractivity contribution is -0.138. The van der Waals surface area contributed by atoms with Gasteiger partial charge in [-0.2, -0.15) is 13.2 Å². The lowest BCUT2D eigenvalue weighted by atomic mass is 10.0. The van der Waals surface area contributed by atoms with Crippen molar-refractivity contribution in [3.63, 3.8) is 0 Å². The van der Waals surface area contributed by atoms with Crippen LogP contribution in [0.25, 0.3) is 0 Å². The Balaban J connectivity index is 2.03. The van der Waals surface area contributed by atoms with E-state index in [4.69, 9.17) is 0 Å². The maximum absolute atomic E-state index is 12.9. The zero-order valence-electron chi connectivity index (χ0n) is 14.3. The van der Waals surface area contributed by atoms with Crippen molar-refractivity contribution in [1.82, 2.24) is 5.32 Å². The number of hydrogen-bond donors (Lipinski definition) is 1. The monoisotopic (exact) mass is 403 g/mol. The third-order valence-electron chi connectivity index (χ3n) is 3.99. The second-order valence-electron chi connectivity index (χ2n) is 5.84. The summed E-state index contributed by atoms with van der Waals surface area (Å²) in [6, 6.07) is 8.99. The zero-order chi connectivity index (χ0) is 20.2. The van der Waals surface area contributed by atoms with Gasteiger partial charge in [-0.1, -0.05) is 18.2 Å². The molecule has 0 aliphatic rings. The summed E-state index contributed by atoms with van der Waals surface area (Å²) in [5.41, 5.74) is -0.800. The van der Waals surface area contributed by atoms with Crippen molar-refractivity contribution < 1.29 is 30.8 Å². The van der Waals surface area contributed by atoms with E-state index in [-0.39, 0.29) is 23.4 Å². The van der Waals surface area contributed by atoms with Crippen molar-refractivity contribution in [2.45, 2.75) is 29.7 Å². The highest BCUT2D eigenvalue weighted by molar-refractivity contribution is 7.92. The topological polar surface area (TPSA) is 63.2 Å². The minimum atomic E-state index is -4.51. The molecule has 0 fully saturated rings. The van der Waals surface area contributed by atoms with E-state index in [1.165, 1.54) is 18.2 Å². The molecule has 0 aliphatic heterocycles. The van der Waals surface area contributed by atoms with Crippen LogP contribution in [0.5, 0.6) is 0 Å². The van der Waals surface area contributed by atoms with Gasteiger partial charge in [-0.05, 0) is 49.2 Å². The van der Waals surface area contributed by atoms with Crippen molar-refractivity contribution in [2.24, 2.45) is 0 Å². The minimum absolute atomic E-state index is 0.000607. The number of amides is 1. The fourth-order valence-electron chi connectivity index (χ4n) is 2.45. The van der Waals surface area contributed by atoms with Gasteiger partial charge in [-0.25, -0.2) is 12.8 Å². The van der Waals surface area contributed by atoms with Gasteiger partial charge in [0.15, 0.2) is 9.84 Å². The average molecular weight is 403 g/mol. The van der Waals surface area contributed by atoms with Crippen molar-refractivity contribution in [3.8, 4) is 0 Å². The number of nitrogens with one attached hydrogen (secondary N) is 1. The van der Waals surface area contributed by atoms with Crippen LogP contribution >= 0.6 is 0 Å². The van der Waals surface area contributed by atoms with E-state index in [0.29, 0.717) is 0 Å². The molecule has 1 atom stereocenters. The highest BCUT2D eigenvalue weighted by Crippen LogP contribution is 2.31. The van der Waals surface area contributed by atoms with Gasteiger partial charge < -0.3 is 5.32 Å². The molecule has 0 aliphatic carbocycles. The maximum Gasteiger partial charge on any atom is 0.416 e. The van der Waals surface area contributed by atoms with Gasteiger partial charge in [0.05, 0.1) is 10.5 Å². The van der Waals surface area contributed by atoms with Gasteiger partial charge in [0.2, 0.25) is 5.91 Å². The van der Waals surface area contributed by atoms with Crippen LogP contribution in [-0.4, -0.2) is 26.1 Å². The average Bonchev–Trinajstić information content (AvgIpc) is 2.61. The van der Waals surface area contributed by atoms with E-state index in [9.17, 15) is 30.8 Å². The normalized spacial score (nSPS) is 13.2. The first-order chi connectivity index (χ1) is 12.5. The first-order valence-corrected chi connectivity index (χ1v) is 9.50. The van der Waals surface area contributed by atoms with Gasteiger partial charge in [0.1, 0.15) is 11.1 Å². The first-order valence-electron chi connectivity index (χ1n) is 7.96. The zero-order valence-corrected chi connectivity index (χ0v) is 15.1. The fourth-order valence-corrected chi connectivity index (χ4v) is 3.74. The van der Waals surface area contributed by atoms with Crippen LogP contribution in [0.4, 0.5) is 17.6 Å². The van der Waals surface area contributed by atoms with E-state index in [0.717, 1.165) is 37.3 Å². The highest BCUT2D eigenvalue weighted by atomic mass is 32.2. The number of carbonyl (C=O) groups excluding carboxylic acids is 1. The number of halogens is 4. The van der Waals surface area contributed by atoms with Gasteiger partial charge in [-0.15, -0.1) is 0 Å². The lowest BCUT2D eigenvalue weighted by Crippen LogP contribution is -2.39. The molecule has 0 saturated carbocycles. The van der Waals surface area contributed by atoms with E-state index in [1.54, 1.807) is 0 Å². The Morgan fingerprint density at radius 1 is 1.07 bits per heavy atom. The van der Waals surface area contributed by atoms with Gasteiger partial charge in [-0.3, -0.25) is 4.79 Å². The van der Waals surface area contributed by atoms with Crippen LogP contribution < -0.4 is 5.32 Å². The molecule has 0 bridgehead atoms. The predicted octanol–water partition coefficient (Wildman–Crippen LogP) is 3.37. The van der Waals surface area contributed by atoms with Crippen LogP contribution in [0.1, 0.15) is 18.1 Å².